The number of carbonyl (C=O) groups excluding carboxylic acids is 1. The number of hydrogen-bond donors (Lipinski definition) is 0. The first-order chi connectivity index (χ1) is 12.8. The number of aromatic nitrogens is 1. The quantitative estimate of drug-likeness (QED) is 0.386. The molecule has 3 rings (SSSR count). The summed E-state index contributed by atoms with van der Waals surface area (Å²) in [5.41, 5.74) is 3.94. The van der Waals surface area contributed by atoms with E-state index in [1.54, 1.807) is 24.5 Å². The van der Waals surface area contributed by atoms with Gasteiger partial charge in [0, 0.05) is 23.5 Å². The molecular formula is C21H18N2O3. The van der Waals surface area contributed by atoms with E-state index in [1.807, 2.05) is 54.6 Å². The van der Waals surface area contributed by atoms with Crippen molar-refractivity contribution in [1.29, 1.82) is 0 Å². The zero-order valence-electron chi connectivity index (χ0n) is 14.3. The van der Waals surface area contributed by atoms with E-state index in [9.17, 15) is 4.79 Å². The van der Waals surface area contributed by atoms with Gasteiger partial charge in [0.2, 0.25) is 0 Å². The van der Waals surface area contributed by atoms with Crippen LogP contribution in [0.5, 0.6) is 0 Å². The number of benzene rings is 2. The lowest BCUT2D eigenvalue weighted by Gasteiger charge is -2.07. The lowest BCUT2D eigenvalue weighted by Crippen LogP contribution is -2.05. The summed E-state index contributed by atoms with van der Waals surface area (Å²) >= 11 is 0. The second kappa shape index (κ2) is 8.58. The fraction of sp³-hybridized carbons (Fsp3) is 0.0952. The van der Waals surface area contributed by atoms with Gasteiger partial charge in [-0.15, -0.1) is 0 Å². The number of methoxy groups -OCH3 is 1. The molecule has 0 fully saturated rings. The molecule has 2 aromatic carbocycles. The summed E-state index contributed by atoms with van der Waals surface area (Å²) in [6.45, 7) is 0.290. The molecule has 1 heterocycles. The highest BCUT2D eigenvalue weighted by molar-refractivity contribution is 6.12. The van der Waals surface area contributed by atoms with E-state index in [1.165, 1.54) is 7.11 Å². The van der Waals surface area contributed by atoms with Crippen molar-refractivity contribution in [3.63, 3.8) is 0 Å². The molecule has 0 amide bonds. The topological polar surface area (TPSA) is 60.8 Å². The molecule has 0 radical (unpaired) electrons. The molecule has 0 bridgehead atoms. The molecule has 0 unspecified atom stereocenters. The highest BCUT2D eigenvalue weighted by Gasteiger charge is 2.08. The molecular weight excluding hydrogens is 328 g/mol. The largest absolute Gasteiger partial charge is 0.465 e. The van der Waals surface area contributed by atoms with E-state index in [0.29, 0.717) is 11.3 Å². The van der Waals surface area contributed by atoms with Crippen LogP contribution in [-0.2, 0) is 16.2 Å². The predicted octanol–water partition coefficient (Wildman–Crippen LogP) is 3.84. The van der Waals surface area contributed by atoms with Crippen molar-refractivity contribution in [2.24, 2.45) is 5.16 Å². The molecule has 0 aliphatic heterocycles. The molecule has 0 aliphatic rings. The van der Waals surface area contributed by atoms with Crippen LogP contribution in [0.2, 0.25) is 0 Å². The Morgan fingerprint density at radius 1 is 0.923 bits per heavy atom. The van der Waals surface area contributed by atoms with Crippen LogP contribution < -0.4 is 0 Å². The summed E-state index contributed by atoms with van der Waals surface area (Å²) in [7, 11) is 1.36. The first-order valence-corrected chi connectivity index (χ1v) is 8.11. The smallest absolute Gasteiger partial charge is 0.337 e. The normalized spacial score (nSPS) is 11.0. The van der Waals surface area contributed by atoms with Gasteiger partial charge in [0.05, 0.1) is 12.7 Å². The average Bonchev–Trinajstić information content (AvgIpc) is 2.72. The molecule has 130 valence electrons. The molecule has 5 nitrogen and oxygen atoms in total. The molecule has 0 N–H and O–H groups in total. The van der Waals surface area contributed by atoms with E-state index >= 15 is 0 Å². The van der Waals surface area contributed by atoms with Crippen molar-refractivity contribution >= 4 is 11.7 Å². The number of hydrogen-bond acceptors (Lipinski definition) is 5. The fourth-order valence-corrected chi connectivity index (χ4v) is 2.40. The first kappa shape index (κ1) is 17.4. The van der Waals surface area contributed by atoms with Gasteiger partial charge in [-0.25, -0.2) is 4.79 Å². The Balaban J connectivity index is 1.76. The number of rotatable bonds is 6. The number of pyridine rings is 1. The molecule has 0 saturated carbocycles. The van der Waals surface area contributed by atoms with Crippen molar-refractivity contribution in [2.45, 2.75) is 6.61 Å². The number of nitrogens with zero attached hydrogens (tertiary/aromatic N) is 2. The van der Waals surface area contributed by atoms with Crippen LogP contribution in [0.3, 0.4) is 0 Å². The van der Waals surface area contributed by atoms with Gasteiger partial charge in [0.1, 0.15) is 12.3 Å². The van der Waals surface area contributed by atoms with E-state index < -0.39 is 0 Å². The van der Waals surface area contributed by atoms with Crippen molar-refractivity contribution < 1.29 is 14.4 Å². The zero-order valence-corrected chi connectivity index (χ0v) is 14.3. The third-order valence-corrected chi connectivity index (χ3v) is 3.74. The molecule has 0 saturated heterocycles. The van der Waals surface area contributed by atoms with Crippen molar-refractivity contribution in [2.75, 3.05) is 7.11 Å². The fourth-order valence-electron chi connectivity index (χ4n) is 2.40. The summed E-state index contributed by atoms with van der Waals surface area (Å²) in [5, 5.41) is 4.32. The monoisotopic (exact) mass is 346 g/mol. The summed E-state index contributed by atoms with van der Waals surface area (Å²) in [6.07, 6.45) is 3.47. The molecule has 3 aromatic rings. The number of carbonyl (C=O) groups is 1. The standard InChI is InChI=1S/C21H18N2O3/c1-25-21(24)18-11-9-16(10-12-18)15-26-23-20(17-6-3-2-4-7-17)19-8-5-13-22-14-19/h2-14H,15H2,1H3/b23-20-. The number of oxime groups is 1. The van der Waals surface area contributed by atoms with Crippen LogP contribution >= 0.6 is 0 Å². The highest BCUT2D eigenvalue weighted by atomic mass is 16.6. The van der Waals surface area contributed by atoms with Crippen LogP contribution in [-0.4, -0.2) is 23.8 Å². The first-order valence-electron chi connectivity index (χ1n) is 8.11. The molecule has 1 aromatic heterocycles. The van der Waals surface area contributed by atoms with Gasteiger partial charge in [-0.05, 0) is 29.8 Å². The van der Waals surface area contributed by atoms with Crippen LogP contribution in [0, 0.1) is 0 Å². The third kappa shape index (κ3) is 4.33. The van der Waals surface area contributed by atoms with Gasteiger partial charge in [-0.1, -0.05) is 47.6 Å². The summed E-state index contributed by atoms with van der Waals surface area (Å²) < 4.78 is 4.69. The van der Waals surface area contributed by atoms with Gasteiger partial charge < -0.3 is 9.57 Å². The minimum Gasteiger partial charge on any atom is -0.465 e. The van der Waals surface area contributed by atoms with Crippen LogP contribution in [0.4, 0.5) is 0 Å². The second-order valence-corrected chi connectivity index (χ2v) is 5.51. The Bertz CT molecular complexity index is 835. The molecule has 26 heavy (non-hydrogen) atoms. The predicted molar refractivity (Wildman–Crippen MR) is 98.9 cm³/mol. The minimum atomic E-state index is -0.363. The van der Waals surface area contributed by atoms with Gasteiger partial charge >= 0.3 is 5.97 Å². The lowest BCUT2D eigenvalue weighted by atomic mass is 10.0. The summed E-state index contributed by atoms with van der Waals surface area (Å²) in [6, 6.07) is 20.6. The molecule has 0 atom stereocenters. The van der Waals surface area contributed by atoms with E-state index in [2.05, 4.69) is 14.9 Å². The third-order valence-electron chi connectivity index (χ3n) is 3.74. The van der Waals surface area contributed by atoms with Crippen LogP contribution in [0.1, 0.15) is 27.0 Å². The maximum atomic E-state index is 11.5. The highest BCUT2D eigenvalue weighted by Crippen LogP contribution is 2.12. The van der Waals surface area contributed by atoms with Gasteiger partial charge in [0.25, 0.3) is 0 Å². The van der Waals surface area contributed by atoms with Gasteiger partial charge in [-0.3, -0.25) is 4.98 Å². The maximum absolute atomic E-state index is 11.5. The minimum absolute atomic E-state index is 0.290. The Morgan fingerprint density at radius 2 is 1.65 bits per heavy atom. The van der Waals surface area contributed by atoms with Crippen LogP contribution in [0.15, 0.2) is 84.3 Å². The average molecular weight is 346 g/mol. The Hall–Kier alpha value is -3.47. The Labute approximate surface area is 151 Å². The van der Waals surface area contributed by atoms with E-state index in [4.69, 9.17) is 4.84 Å². The van der Waals surface area contributed by atoms with Crippen molar-refractivity contribution in [3.8, 4) is 0 Å². The maximum Gasteiger partial charge on any atom is 0.337 e. The molecule has 0 spiro atoms. The summed E-state index contributed by atoms with van der Waals surface area (Å²) in [4.78, 5) is 21.2. The Kier molecular flexibility index (Phi) is 5.72. The lowest BCUT2D eigenvalue weighted by molar-refractivity contribution is 0.0600. The van der Waals surface area contributed by atoms with E-state index in [-0.39, 0.29) is 12.6 Å². The van der Waals surface area contributed by atoms with Crippen molar-refractivity contribution in [3.05, 3.63) is 101 Å². The second-order valence-electron chi connectivity index (χ2n) is 5.51. The van der Waals surface area contributed by atoms with E-state index in [0.717, 1.165) is 16.7 Å². The van der Waals surface area contributed by atoms with Gasteiger partial charge in [-0.2, -0.15) is 0 Å². The zero-order chi connectivity index (χ0) is 18.2. The number of esters is 1. The Morgan fingerprint density at radius 3 is 2.31 bits per heavy atom. The molecule has 0 aliphatic carbocycles. The number of ether oxygens (including phenoxy) is 1. The SMILES string of the molecule is COC(=O)c1ccc(CO/N=C(/c2ccccc2)c2cccnc2)cc1. The molecule has 5 heteroatoms. The van der Waals surface area contributed by atoms with Gasteiger partial charge in [0.15, 0.2) is 0 Å². The van der Waals surface area contributed by atoms with Crippen LogP contribution in [0.25, 0.3) is 0 Å². The van der Waals surface area contributed by atoms with Crippen molar-refractivity contribution in [1.82, 2.24) is 4.98 Å². The summed E-state index contributed by atoms with van der Waals surface area (Å²) in [5.74, 6) is -0.363.